The van der Waals surface area contributed by atoms with Crippen LogP contribution < -0.4 is 10.6 Å². The topological polar surface area (TPSA) is 87.7 Å². The van der Waals surface area contributed by atoms with Gasteiger partial charge < -0.3 is 10.1 Å². The van der Waals surface area contributed by atoms with E-state index in [1.54, 1.807) is 7.11 Å². The Morgan fingerprint density at radius 1 is 1.17 bits per heavy atom. The number of likely N-dealkylation sites (tertiary alicyclic amines) is 1. The van der Waals surface area contributed by atoms with Gasteiger partial charge in [-0.15, -0.1) is 0 Å². The van der Waals surface area contributed by atoms with Gasteiger partial charge in [0.2, 0.25) is 17.7 Å². The summed E-state index contributed by atoms with van der Waals surface area (Å²) in [4.78, 5) is 41.4. The molecule has 156 valence electrons. The van der Waals surface area contributed by atoms with E-state index in [0.717, 1.165) is 22.4 Å². The Morgan fingerprint density at radius 2 is 1.90 bits per heavy atom. The van der Waals surface area contributed by atoms with Gasteiger partial charge in [0.05, 0.1) is 25.0 Å². The van der Waals surface area contributed by atoms with Crippen molar-refractivity contribution in [3.05, 3.63) is 28.8 Å². The van der Waals surface area contributed by atoms with E-state index in [1.165, 1.54) is 4.90 Å². The molecule has 1 aromatic carbocycles. The molecule has 7 nitrogen and oxygen atoms in total. The Kier molecular flexibility index (Phi) is 4.78. The summed E-state index contributed by atoms with van der Waals surface area (Å²) in [5.41, 5.74) is 2.33. The highest BCUT2D eigenvalue weighted by atomic mass is 16.5. The van der Waals surface area contributed by atoms with Crippen molar-refractivity contribution in [2.45, 2.75) is 45.7 Å². The number of hydrogen-bond donors (Lipinski definition) is 2. The number of hydrogen-bond acceptors (Lipinski definition) is 5. The maximum Gasteiger partial charge on any atom is 0.250 e. The summed E-state index contributed by atoms with van der Waals surface area (Å²) in [6.45, 7) is 8.61. The number of methoxy groups -OCH3 is 1. The second kappa shape index (κ2) is 6.92. The summed E-state index contributed by atoms with van der Waals surface area (Å²) in [7, 11) is 1.54. The van der Waals surface area contributed by atoms with Crippen molar-refractivity contribution in [1.82, 2.24) is 10.2 Å². The summed E-state index contributed by atoms with van der Waals surface area (Å²) in [6.07, 6.45) is 0.716. The number of rotatable bonds is 5. The Labute approximate surface area is 171 Å². The third kappa shape index (κ3) is 2.74. The van der Waals surface area contributed by atoms with Gasteiger partial charge in [-0.3, -0.25) is 24.6 Å². The zero-order valence-corrected chi connectivity index (χ0v) is 17.7. The van der Waals surface area contributed by atoms with Gasteiger partial charge >= 0.3 is 0 Å². The number of carbonyl (C=O) groups is 3. The minimum atomic E-state index is -1.20. The van der Waals surface area contributed by atoms with Crippen LogP contribution in [0.1, 0.15) is 37.0 Å². The average Bonchev–Trinajstić information content (AvgIpc) is 3.20. The van der Waals surface area contributed by atoms with E-state index >= 15 is 0 Å². The van der Waals surface area contributed by atoms with Crippen LogP contribution in [0, 0.1) is 31.6 Å². The highest BCUT2D eigenvalue weighted by molar-refractivity contribution is 6.15. The van der Waals surface area contributed by atoms with Crippen LogP contribution in [0.2, 0.25) is 0 Å². The van der Waals surface area contributed by atoms with Gasteiger partial charge in [-0.25, -0.2) is 0 Å². The van der Waals surface area contributed by atoms with Crippen molar-refractivity contribution in [1.29, 1.82) is 0 Å². The molecule has 2 fully saturated rings. The van der Waals surface area contributed by atoms with Gasteiger partial charge in [0.15, 0.2) is 0 Å². The summed E-state index contributed by atoms with van der Waals surface area (Å²) in [5, 5.41) is 6.48. The van der Waals surface area contributed by atoms with Crippen LogP contribution in [0.5, 0.6) is 0 Å². The number of amides is 3. The van der Waals surface area contributed by atoms with Crippen molar-refractivity contribution >= 4 is 23.4 Å². The number of ether oxygens (including phenoxy) is 1. The normalized spacial score (nSPS) is 30.5. The monoisotopic (exact) mass is 399 g/mol. The molecular weight excluding hydrogens is 370 g/mol. The van der Waals surface area contributed by atoms with Crippen molar-refractivity contribution in [3.8, 4) is 0 Å². The minimum absolute atomic E-state index is 0.197. The lowest BCUT2D eigenvalue weighted by molar-refractivity contribution is -0.143. The molecular formula is C22H29N3O4. The second-order valence-electron chi connectivity index (χ2n) is 8.97. The molecule has 29 heavy (non-hydrogen) atoms. The highest BCUT2D eigenvalue weighted by Gasteiger charge is 2.70. The summed E-state index contributed by atoms with van der Waals surface area (Å²) in [6, 6.07) is 3.75. The van der Waals surface area contributed by atoms with Gasteiger partial charge in [-0.05, 0) is 31.7 Å². The van der Waals surface area contributed by atoms with Crippen LogP contribution in [-0.2, 0) is 24.7 Å². The molecule has 0 bridgehead atoms. The van der Waals surface area contributed by atoms with Crippen molar-refractivity contribution in [2.24, 2.45) is 17.8 Å². The number of carbonyl (C=O) groups excluding carboxylic acids is 3. The third-order valence-electron chi connectivity index (χ3n) is 6.50. The van der Waals surface area contributed by atoms with E-state index in [2.05, 4.69) is 24.5 Å². The lowest BCUT2D eigenvalue weighted by Crippen LogP contribution is -2.53. The Hall–Kier alpha value is -2.25. The first-order valence-corrected chi connectivity index (χ1v) is 10.3. The number of anilines is 1. The molecule has 0 radical (unpaired) electrons. The van der Waals surface area contributed by atoms with Crippen molar-refractivity contribution < 1.29 is 19.1 Å². The van der Waals surface area contributed by atoms with Gasteiger partial charge in [-0.1, -0.05) is 31.5 Å². The molecule has 7 heteroatoms. The molecule has 1 aromatic rings. The van der Waals surface area contributed by atoms with Crippen LogP contribution in [0.4, 0.5) is 5.69 Å². The van der Waals surface area contributed by atoms with E-state index in [-0.39, 0.29) is 36.9 Å². The van der Waals surface area contributed by atoms with Gasteiger partial charge in [0, 0.05) is 24.4 Å². The highest BCUT2D eigenvalue weighted by Crippen LogP contribution is 2.54. The van der Waals surface area contributed by atoms with E-state index in [1.807, 2.05) is 26.0 Å². The van der Waals surface area contributed by atoms with Crippen molar-refractivity contribution in [2.75, 3.05) is 25.6 Å². The van der Waals surface area contributed by atoms with Gasteiger partial charge in [0.1, 0.15) is 5.54 Å². The maximum absolute atomic E-state index is 13.5. The zero-order chi connectivity index (χ0) is 21.1. The molecule has 1 spiro atoms. The number of imide groups is 1. The molecule has 2 N–H and O–H groups in total. The van der Waals surface area contributed by atoms with Crippen LogP contribution >= 0.6 is 0 Å². The van der Waals surface area contributed by atoms with E-state index < -0.39 is 17.4 Å². The maximum atomic E-state index is 13.5. The molecule has 0 aromatic heterocycles. The first kappa shape index (κ1) is 20.0. The lowest BCUT2D eigenvalue weighted by Gasteiger charge is -2.30. The molecule has 2 saturated heterocycles. The molecule has 3 aliphatic rings. The lowest BCUT2D eigenvalue weighted by atomic mass is 9.75. The smallest absolute Gasteiger partial charge is 0.250 e. The Bertz CT molecular complexity index is 896. The third-order valence-corrected chi connectivity index (χ3v) is 6.50. The summed E-state index contributed by atoms with van der Waals surface area (Å²) < 4.78 is 5.10. The fraction of sp³-hybridized carbons (Fsp3) is 0.591. The number of aryl methyl sites for hydroxylation is 2. The quantitative estimate of drug-likeness (QED) is 0.736. The summed E-state index contributed by atoms with van der Waals surface area (Å²) in [5.74, 6) is -1.67. The van der Waals surface area contributed by atoms with Crippen LogP contribution in [0.15, 0.2) is 12.1 Å². The minimum Gasteiger partial charge on any atom is -0.383 e. The van der Waals surface area contributed by atoms with E-state index in [4.69, 9.17) is 4.74 Å². The molecule has 0 aliphatic carbocycles. The van der Waals surface area contributed by atoms with Crippen LogP contribution in [-0.4, -0.2) is 48.9 Å². The first-order chi connectivity index (χ1) is 13.7. The van der Waals surface area contributed by atoms with Crippen molar-refractivity contribution in [3.63, 3.8) is 0 Å². The average molecular weight is 399 g/mol. The second-order valence-corrected chi connectivity index (χ2v) is 8.97. The summed E-state index contributed by atoms with van der Waals surface area (Å²) >= 11 is 0. The number of benzene rings is 1. The first-order valence-electron chi connectivity index (χ1n) is 10.3. The van der Waals surface area contributed by atoms with E-state index in [9.17, 15) is 14.4 Å². The standard InChI is InChI=1S/C22H29N3O4/c1-11(2)8-15-16-17(20(27)25(19(16)26)6-7-29-5)22(24-15)14-10-12(3)9-13(4)18(14)23-21(22)28/h9-11,15-17,24H,6-8H2,1-5H3,(H,23,28). The zero-order valence-electron chi connectivity index (χ0n) is 17.7. The molecule has 4 atom stereocenters. The predicted molar refractivity (Wildman–Crippen MR) is 108 cm³/mol. The van der Waals surface area contributed by atoms with Gasteiger partial charge in [-0.2, -0.15) is 0 Å². The molecule has 4 rings (SSSR count). The molecule has 3 heterocycles. The SMILES string of the molecule is COCCN1C(=O)C2C(CC(C)C)NC3(C(=O)Nc4c(C)cc(C)cc43)C2C1=O. The molecule has 3 amide bonds. The largest absolute Gasteiger partial charge is 0.383 e. The van der Waals surface area contributed by atoms with Crippen LogP contribution in [0.3, 0.4) is 0 Å². The fourth-order valence-electron chi connectivity index (χ4n) is 5.43. The van der Waals surface area contributed by atoms with Gasteiger partial charge in [0.25, 0.3) is 0 Å². The number of nitrogens with one attached hydrogen (secondary N) is 2. The Morgan fingerprint density at radius 3 is 2.55 bits per heavy atom. The predicted octanol–water partition coefficient (Wildman–Crippen LogP) is 1.72. The van der Waals surface area contributed by atoms with Crippen LogP contribution in [0.25, 0.3) is 0 Å². The number of nitrogens with zero attached hydrogens (tertiary/aromatic N) is 1. The van der Waals surface area contributed by atoms with E-state index in [0.29, 0.717) is 12.3 Å². The number of fused-ring (bicyclic) bond motifs is 4. The Balaban J connectivity index is 1.86. The molecule has 3 aliphatic heterocycles. The molecule has 0 saturated carbocycles. The fourth-order valence-corrected chi connectivity index (χ4v) is 5.43. The molecule has 4 unspecified atom stereocenters.